The molecular weight excluding hydrogens is 314 g/mol. The number of rotatable bonds is 8. The van der Waals surface area contributed by atoms with Crippen LogP contribution in [0, 0.1) is 6.92 Å². The summed E-state index contributed by atoms with van der Waals surface area (Å²) < 4.78 is 11.3. The molecule has 0 aliphatic heterocycles. The highest BCUT2D eigenvalue weighted by Gasteiger charge is 2.32. The van der Waals surface area contributed by atoms with Gasteiger partial charge in [-0.15, -0.1) is 0 Å². The predicted octanol–water partition coefficient (Wildman–Crippen LogP) is 4.72. The first-order chi connectivity index (χ1) is 12.0. The largest absolute Gasteiger partial charge is 0.489 e. The van der Waals surface area contributed by atoms with Crippen molar-refractivity contribution in [2.75, 3.05) is 12.4 Å². The molecule has 0 saturated carbocycles. The van der Waals surface area contributed by atoms with E-state index in [4.69, 9.17) is 9.47 Å². The van der Waals surface area contributed by atoms with Crippen molar-refractivity contribution in [3.63, 3.8) is 0 Å². The summed E-state index contributed by atoms with van der Waals surface area (Å²) in [6.07, 6.45) is 1.55. The molecule has 4 heteroatoms. The van der Waals surface area contributed by atoms with E-state index >= 15 is 0 Å². The van der Waals surface area contributed by atoms with Gasteiger partial charge in [-0.2, -0.15) is 0 Å². The lowest BCUT2D eigenvalue weighted by molar-refractivity contribution is -0.136. The van der Waals surface area contributed by atoms with Crippen molar-refractivity contribution in [3.05, 3.63) is 59.7 Å². The van der Waals surface area contributed by atoms with E-state index in [0.717, 1.165) is 29.0 Å². The van der Waals surface area contributed by atoms with Crippen LogP contribution in [-0.4, -0.2) is 18.6 Å². The number of aryl methyl sites for hydroxylation is 1. The Labute approximate surface area is 150 Å². The third kappa shape index (κ3) is 5.07. The lowest BCUT2D eigenvalue weighted by Crippen LogP contribution is -2.41. The van der Waals surface area contributed by atoms with Gasteiger partial charge in [0.2, 0.25) is 0 Å². The second kappa shape index (κ2) is 8.67. The third-order valence-electron chi connectivity index (χ3n) is 4.33. The Bertz CT molecular complexity index is 700. The van der Waals surface area contributed by atoms with Crippen molar-refractivity contribution in [2.45, 2.75) is 45.8 Å². The summed E-state index contributed by atoms with van der Waals surface area (Å²) in [6, 6.07) is 15.7. The van der Waals surface area contributed by atoms with Crippen LogP contribution in [0.3, 0.4) is 0 Å². The molecule has 4 nitrogen and oxygen atoms in total. The molecule has 0 fully saturated rings. The van der Waals surface area contributed by atoms with Crippen LogP contribution in [-0.2, 0) is 16.1 Å². The van der Waals surface area contributed by atoms with E-state index in [2.05, 4.69) is 5.32 Å². The highest BCUT2D eigenvalue weighted by molar-refractivity contribution is 5.97. The first kappa shape index (κ1) is 19.0. The van der Waals surface area contributed by atoms with Gasteiger partial charge >= 0.3 is 0 Å². The molecule has 0 saturated heterocycles. The molecule has 0 unspecified atom stereocenters. The molecule has 134 valence electrons. The van der Waals surface area contributed by atoms with Gasteiger partial charge in [0.1, 0.15) is 18.0 Å². The number of carbonyl (C=O) groups is 1. The number of amides is 1. The zero-order valence-corrected chi connectivity index (χ0v) is 15.5. The average Bonchev–Trinajstić information content (AvgIpc) is 2.62. The molecule has 25 heavy (non-hydrogen) atoms. The Hall–Kier alpha value is -2.33. The molecule has 0 heterocycles. The van der Waals surface area contributed by atoms with Gasteiger partial charge in [0.25, 0.3) is 5.91 Å². The number of hydrogen-bond acceptors (Lipinski definition) is 3. The van der Waals surface area contributed by atoms with Gasteiger partial charge in [-0.25, -0.2) is 0 Å². The number of hydrogen-bond donors (Lipinski definition) is 1. The summed E-state index contributed by atoms with van der Waals surface area (Å²) in [6.45, 7) is 6.34. The van der Waals surface area contributed by atoms with Crippen molar-refractivity contribution in [2.24, 2.45) is 0 Å². The molecule has 0 bridgehead atoms. The molecule has 1 N–H and O–H groups in total. The smallest absolute Gasteiger partial charge is 0.256 e. The van der Waals surface area contributed by atoms with Crippen LogP contribution in [0.15, 0.2) is 48.5 Å². The number of nitrogens with one attached hydrogen (secondary N) is 1. The summed E-state index contributed by atoms with van der Waals surface area (Å²) in [5.74, 6) is 0.680. The maximum atomic E-state index is 12.5. The number of carbonyl (C=O) groups excluding carboxylic acids is 1. The fourth-order valence-electron chi connectivity index (χ4n) is 2.67. The first-order valence-electron chi connectivity index (χ1n) is 8.62. The van der Waals surface area contributed by atoms with Gasteiger partial charge in [-0.1, -0.05) is 43.7 Å². The van der Waals surface area contributed by atoms with E-state index in [9.17, 15) is 4.79 Å². The molecular formula is C21H27NO3. The van der Waals surface area contributed by atoms with Crippen LogP contribution >= 0.6 is 0 Å². The average molecular weight is 341 g/mol. The first-order valence-corrected chi connectivity index (χ1v) is 8.62. The maximum Gasteiger partial charge on any atom is 0.256 e. The summed E-state index contributed by atoms with van der Waals surface area (Å²) in [4.78, 5) is 12.5. The zero-order chi connectivity index (χ0) is 18.3. The van der Waals surface area contributed by atoms with Crippen LogP contribution in [0.25, 0.3) is 0 Å². The molecule has 2 aromatic rings. The van der Waals surface area contributed by atoms with Gasteiger partial charge in [0.05, 0.1) is 0 Å². The third-order valence-corrected chi connectivity index (χ3v) is 4.33. The number of methoxy groups -OCH3 is 1. The Kier molecular flexibility index (Phi) is 6.59. The molecule has 0 radical (unpaired) electrons. The Morgan fingerprint density at radius 1 is 1.16 bits per heavy atom. The minimum atomic E-state index is -0.814. The summed E-state index contributed by atoms with van der Waals surface area (Å²) in [5.41, 5.74) is 2.03. The second-order valence-electron chi connectivity index (χ2n) is 6.39. The van der Waals surface area contributed by atoms with E-state index in [1.807, 2.05) is 69.3 Å². The summed E-state index contributed by atoms with van der Waals surface area (Å²) >= 11 is 0. The maximum absolute atomic E-state index is 12.5. The molecule has 1 atom stereocenters. The SMILES string of the molecule is CCC[C@@](C)(OC)C(=O)Nc1ccc(OCc2ccccc2)c(C)c1. The molecule has 0 aliphatic carbocycles. The summed E-state index contributed by atoms with van der Waals surface area (Å²) in [7, 11) is 1.57. The fourth-order valence-corrected chi connectivity index (χ4v) is 2.67. The van der Waals surface area contributed by atoms with Gasteiger partial charge in [-0.3, -0.25) is 4.79 Å². The molecule has 0 aliphatic rings. The lowest BCUT2D eigenvalue weighted by Gasteiger charge is -2.26. The Morgan fingerprint density at radius 3 is 2.48 bits per heavy atom. The van der Waals surface area contributed by atoms with Crippen molar-refractivity contribution < 1.29 is 14.3 Å². The van der Waals surface area contributed by atoms with Crippen LogP contribution in [0.5, 0.6) is 5.75 Å². The van der Waals surface area contributed by atoms with E-state index in [-0.39, 0.29) is 5.91 Å². The Balaban J connectivity index is 2.02. The van der Waals surface area contributed by atoms with Crippen molar-refractivity contribution >= 4 is 11.6 Å². The van der Waals surface area contributed by atoms with Crippen molar-refractivity contribution in [1.82, 2.24) is 0 Å². The van der Waals surface area contributed by atoms with E-state index in [0.29, 0.717) is 13.0 Å². The van der Waals surface area contributed by atoms with E-state index in [1.165, 1.54) is 0 Å². The van der Waals surface area contributed by atoms with Crippen LogP contribution < -0.4 is 10.1 Å². The normalized spacial score (nSPS) is 13.1. The van der Waals surface area contributed by atoms with Crippen LogP contribution in [0.2, 0.25) is 0 Å². The molecule has 2 rings (SSSR count). The monoisotopic (exact) mass is 341 g/mol. The van der Waals surface area contributed by atoms with Gasteiger partial charge in [0.15, 0.2) is 0 Å². The van der Waals surface area contributed by atoms with Crippen LogP contribution in [0.1, 0.15) is 37.8 Å². The highest BCUT2D eigenvalue weighted by atomic mass is 16.5. The minimum absolute atomic E-state index is 0.130. The summed E-state index contributed by atoms with van der Waals surface area (Å²) in [5, 5.41) is 2.94. The van der Waals surface area contributed by atoms with Crippen LogP contribution in [0.4, 0.5) is 5.69 Å². The molecule has 0 aromatic heterocycles. The van der Waals surface area contributed by atoms with Gasteiger partial charge in [0, 0.05) is 12.8 Å². The topological polar surface area (TPSA) is 47.6 Å². The second-order valence-corrected chi connectivity index (χ2v) is 6.39. The number of ether oxygens (including phenoxy) is 2. The Morgan fingerprint density at radius 2 is 1.88 bits per heavy atom. The highest BCUT2D eigenvalue weighted by Crippen LogP contribution is 2.25. The minimum Gasteiger partial charge on any atom is -0.489 e. The molecule has 0 spiro atoms. The van der Waals surface area contributed by atoms with Crippen molar-refractivity contribution in [3.8, 4) is 5.75 Å². The van der Waals surface area contributed by atoms with Crippen molar-refractivity contribution in [1.29, 1.82) is 0 Å². The fraction of sp³-hybridized carbons (Fsp3) is 0.381. The lowest BCUT2D eigenvalue weighted by atomic mass is 9.99. The van der Waals surface area contributed by atoms with E-state index < -0.39 is 5.60 Å². The number of anilines is 1. The zero-order valence-electron chi connectivity index (χ0n) is 15.5. The number of benzene rings is 2. The molecule has 2 aromatic carbocycles. The molecule has 1 amide bonds. The van der Waals surface area contributed by atoms with Gasteiger partial charge < -0.3 is 14.8 Å². The van der Waals surface area contributed by atoms with Gasteiger partial charge in [-0.05, 0) is 49.6 Å². The van der Waals surface area contributed by atoms with E-state index in [1.54, 1.807) is 7.11 Å². The quantitative estimate of drug-likeness (QED) is 0.756. The standard InChI is InChI=1S/C21H27NO3/c1-5-13-21(3,24-4)20(23)22-18-11-12-19(16(2)14-18)25-15-17-9-7-6-8-10-17/h6-12,14H,5,13,15H2,1-4H3,(H,22,23)/t21-/m1/s1. The predicted molar refractivity (Wildman–Crippen MR) is 101 cm³/mol.